The lowest BCUT2D eigenvalue weighted by atomic mass is 9.79. The van der Waals surface area contributed by atoms with Crippen molar-refractivity contribution < 1.29 is 13.2 Å². The molecule has 0 heterocycles. The summed E-state index contributed by atoms with van der Waals surface area (Å²) >= 11 is 0. The molecule has 0 aromatic heterocycles. The van der Waals surface area contributed by atoms with Crippen LogP contribution in [0.2, 0.25) is 0 Å². The fourth-order valence-electron chi connectivity index (χ4n) is 3.78. The highest BCUT2D eigenvalue weighted by molar-refractivity contribution is 7.89. The molecular weight excluding hydrogens is 346 g/mol. The summed E-state index contributed by atoms with van der Waals surface area (Å²) in [7, 11) is -1.86. The average molecular weight is 374 g/mol. The van der Waals surface area contributed by atoms with Crippen LogP contribution >= 0.6 is 0 Å². The molecule has 1 fully saturated rings. The minimum atomic E-state index is -3.51. The van der Waals surface area contributed by atoms with Crippen LogP contribution in [0.3, 0.4) is 0 Å². The van der Waals surface area contributed by atoms with E-state index in [1.165, 1.54) is 5.56 Å². The molecule has 1 aliphatic rings. The van der Waals surface area contributed by atoms with Gasteiger partial charge in [0.2, 0.25) is 10.0 Å². The number of methoxy groups -OCH3 is 1. The van der Waals surface area contributed by atoms with E-state index in [2.05, 4.69) is 23.8 Å². The van der Waals surface area contributed by atoms with Gasteiger partial charge in [0.05, 0.1) is 12.0 Å². The second-order valence-electron chi connectivity index (χ2n) is 7.04. The second kappa shape index (κ2) is 7.80. The van der Waals surface area contributed by atoms with Gasteiger partial charge in [-0.05, 0) is 54.7 Å². The number of rotatable bonds is 7. The molecular formula is C21H27NO3S. The molecule has 26 heavy (non-hydrogen) atoms. The molecule has 0 atom stereocenters. The summed E-state index contributed by atoms with van der Waals surface area (Å²) in [5, 5.41) is 0. The largest absolute Gasteiger partial charge is 0.497 e. The minimum Gasteiger partial charge on any atom is -0.497 e. The van der Waals surface area contributed by atoms with Gasteiger partial charge < -0.3 is 4.74 Å². The summed E-state index contributed by atoms with van der Waals surface area (Å²) in [6.45, 7) is 2.48. The van der Waals surface area contributed by atoms with Crippen molar-refractivity contribution in [1.82, 2.24) is 4.72 Å². The predicted molar refractivity (Wildman–Crippen MR) is 104 cm³/mol. The summed E-state index contributed by atoms with van der Waals surface area (Å²) in [5.74, 6) is 0.818. The molecule has 0 saturated heterocycles. The lowest BCUT2D eigenvalue weighted by Gasteiger charge is -2.30. The van der Waals surface area contributed by atoms with Crippen molar-refractivity contribution in [2.24, 2.45) is 0 Å². The van der Waals surface area contributed by atoms with Gasteiger partial charge in [-0.1, -0.05) is 44.0 Å². The van der Waals surface area contributed by atoms with Crippen LogP contribution < -0.4 is 9.46 Å². The molecule has 1 saturated carbocycles. The molecule has 0 aliphatic heterocycles. The number of hydrogen-bond donors (Lipinski definition) is 1. The topological polar surface area (TPSA) is 55.4 Å². The molecule has 0 bridgehead atoms. The van der Waals surface area contributed by atoms with Crippen molar-refractivity contribution in [1.29, 1.82) is 0 Å². The van der Waals surface area contributed by atoms with Crippen LogP contribution in [-0.4, -0.2) is 22.1 Å². The van der Waals surface area contributed by atoms with Crippen molar-refractivity contribution in [3.8, 4) is 5.75 Å². The van der Waals surface area contributed by atoms with Crippen LogP contribution in [0.1, 0.15) is 43.7 Å². The van der Waals surface area contributed by atoms with E-state index in [0.29, 0.717) is 11.4 Å². The van der Waals surface area contributed by atoms with E-state index < -0.39 is 10.0 Å². The highest BCUT2D eigenvalue weighted by Gasteiger charge is 2.36. The Morgan fingerprint density at radius 3 is 2.15 bits per heavy atom. The molecule has 140 valence electrons. The quantitative estimate of drug-likeness (QED) is 0.797. The first kappa shape index (κ1) is 18.9. The molecule has 0 radical (unpaired) electrons. The number of aryl methyl sites for hydroxylation is 1. The average Bonchev–Trinajstić information content (AvgIpc) is 3.17. The molecule has 4 nitrogen and oxygen atoms in total. The third-order valence-electron chi connectivity index (χ3n) is 5.51. The van der Waals surface area contributed by atoms with E-state index in [-0.39, 0.29) is 5.41 Å². The standard InChI is InChI=1S/C21H27NO3S/c1-3-17-6-12-20(13-7-17)26(23,24)22-16-21(14-4-5-15-21)18-8-10-19(25-2)11-9-18/h6-13,22H,3-5,14-16H2,1-2H3. The lowest BCUT2D eigenvalue weighted by Crippen LogP contribution is -2.39. The number of ether oxygens (including phenoxy) is 1. The Hall–Kier alpha value is -1.85. The maximum absolute atomic E-state index is 12.7. The van der Waals surface area contributed by atoms with E-state index in [9.17, 15) is 8.42 Å². The maximum Gasteiger partial charge on any atom is 0.240 e. The normalized spacial score (nSPS) is 16.5. The SMILES string of the molecule is CCc1ccc(S(=O)(=O)NCC2(c3ccc(OC)cc3)CCCC2)cc1. The highest BCUT2D eigenvalue weighted by Crippen LogP contribution is 2.41. The maximum atomic E-state index is 12.7. The van der Waals surface area contributed by atoms with Crippen molar-refractivity contribution in [3.05, 3.63) is 59.7 Å². The molecule has 0 amide bonds. The van der Waals surface area contributed by atoms with E-state index >= 15 is 0 Å². The van der Waals surface area contributed by atoms with Crippen molar-refractivity contribution in [2.45, 2.75) is 49.3 Å². The van der Waals surface area contributed by atoms with Crippen LogP contribution in [0.5, 0.6) is 5.75 Å². The van der Waals surface area contributed by atoms with Gasteiger partial charge in [-0.3, -0.25) is 0 Å². The molecule has 5 heteroatoms. The second-order valence-corrected chi connectivity index (χ2v) is 8.80. The van der Waals surface area contributed by atoms with Gasteiger partial charge in [-0.15, -0.1) is 0 Å². The lowest BCUT2D eigenvalue weighted by molar-refractivity contribution is 0.410. The molecule has 2 aromatic rings. The third kappa shape index (κ3) is 3.94. The fourth-order valence-corrected chi connectivity index (χ4v) is 4.91. The third-order valence-corrected chi connectivity index (χ3v) is 6.92. The van der Waals surface area contributed by atoms with E-state index in [1.54, 1.807) is 19.2 Å². The monoisotopic (exact) mass is 373 g/mol. The minimum absolute atomic E-state index is 0.136. The molecule has 0 spiro atoms. The Bertz CT molecular complexity index is 821. The van der Waals surface area contributed by atoms with Crippen molar-refractivity contribution >= 4 is 10.0 Å². The fraction of sp³-hybridized carbons (Fsp3) is 0.429. The zero-order chi connectivity index (χ0) is 18.6. The number of hydrogen-bond acceptors (Lipinski definition) is 3. The smallest absolute Gasteiger partial charge is 0.240 e. The van der Waals surface area contributed by atoms with Gasteiger partial charge in [0.25, 0.3) is 0 Å². The van der Waals surface area contributed by atoms with Gasteiger partial charge in [0.1, 0.15) is 5.75 Å². The first-order chi connectivity index (χ1) is 12.5. The Balaban J connectivity index is 1.79. The molecule has 1 N–H and O–H groups in total. The van der Waals surface area contributed by atoms with Gasteiger partial charge in [0, 0.05) is 12.0 Å². The molecule has 0 unspecified atom stereocenters. The number of nitrogens with one attached hydrogen (secondary N) is 1. The van der Waals surface area contributed by atoms with Crippen molar-refractivity contribution in [2.75, 3.05) is 13.7 Å². The van der Waals surface area contributed by atoms with Crippen molar-refractivity contribution in [3.63, 3.8) is 0 Å². The summed E-state index contributed by atoms with van der Waals surface area (Å²) in [6, 6.07) is 15.2. The van der Waals surface area contributed by atoms with Crippen LogP contribution in [0.25, 0.3) is 0 Å². The van der Waals surface area contributed by atoms with E-state index in [0.717, 1.165) is 43.4 Å². The number of sulfonamides is 1. The van der Waals surface area contributed by atoms with E-state index in [1.807, 2.05) is 24.3 Å². The Morgan fingerprint density at radius 1 is 1.00 bits per heavy atom. The molecule has 1 aliphatic carbocycles. The molecule has 3 rings (SSSR count). The summed E-state index contributed by atoms with van der Waals surface area (Å²) in [4.78, 5) is 0.331. The number of benzene rings is 2. The van der Waals surface area contributed by atoms with Crippen LogP contribution in [0.15, 0.2) is 53.4 Å². The van der Waals surface area contributed by atoms with Gasteiger partial charge >= 0.3 is 0 Å². The first-order valence-corrected chi connectivity index (χ1v) is 10.7. The Kier molecular flexibility index (Phi) is 5.68. The first-order valence-electron chi connectivity index (χ1n) is 9.22. The van der Waals surface area contributed by atoms with Gasteiger partial charge in [-0.2, -0.15) is 0 Å². The van der Waals surface area contributed by atoms with Gasteiger partial charge in [-0.25, -0.2) is 13.1 Å². The van der Waals surface area contributed by atoms with Crippen LogP contribution in [0.4, 0.5) is 0 Å². The molecule has 2 aromatic carbocycles. The van der Waals surface area contributed by atoms with Crippen LogP contribution in [-0.2, 0) is 21.9 Å². The summed E-state index contributed by atoms with van der Waals surface area (Å²) < 4.78 is 33.6. The highest BCUT2D eigenvalue weighted by atomic mass is 32.2. The Labute approximate surface area is 156 Å². The predicted octanol–water partition coefficient (Wildman–Crippen LogP) is 4.05. The van der Waals surface area contributed by atoms with E-state index in [4.69, 9.17) is 4.74 Å². The Morgan fingerprint density at radius 2 is 1.62 bits per heavy atom. The van der Waals surface area contributed by atoms with Crippen LogP contribution in [0, 0.1) is 0 Å². The zero-order valence-corrected chi connectivity index (χ0v) is 16.3. The summed E-state index contributed by atoms with van der Waals surface area (Å²) in [5.41, 5.74) is 2.18. The summed E-state index contributed by atoms with van der Waals surface area (Å²) in [6.07, 6.45) is 5.14. The van der Waals surface area contributed by atoms with Gasteiger partial charge in [0.15, 0.2) is 0 Å². The zero-order valence-electron chi connectivity index (χ0n) is 15.5.